The number of hydrogen-bond donors (Lipinski definition) is 3. The van der Waals surface area contributed by atoms with Crippen molar-refractivity contribution in [1.82, 2.24) is 15.3 Å². The van der Waals surface area contributed by atoms with Crippen molar-refractivity contribution in [3.05, 3.63) is 76.5 Å². The van der Waals surface area contributed by atoms with Crippen LogP contribution in [0.4, 0.5) is 5.69 Å². The van der Waals surface area contributed by atoms with Crippen molar-refractivity contribution in [1.29, 1.82) is 10.7 Å². The lowest BCUT2D eigenvalue weighted by atomic mass is 10.0. The van der Waals surface area contributed by atoms with Gasteiger partial charge in [-0.1, -0.05) is 24.3 Å². The number of piperazine rings is 1. The topological polar surface area (TPSA) is 112 Å². The summed E-state index contributed by atoms with van der Waals surface area (Å²) in [5, 5.41) is 21.2. The summed E-state index contributed by atoms with van der Waals surface area (Å²) in [6, 6.07) is 14.6. The molecule has 2 aromatic carbocycles. The molecule has 4 rings (SSSR count). The largest absolute Gasteiger partial charge is 0.331 e. The van der Waals surface area contributed by atoms with Gasteiger partial charge in [0, 0.05) is 31.9 Å². The molecule has 3 N–H and O–H groups in total. The van der Waals surface area contributed by atoms with Crippen molar-refractivity contribution in [3.8, 4) is 6.07 Å². The molecule has 2 aliphatic heterocycles. The molecule has 8 heteroatoms. The zero-order valence-electron chi connectivity index (χ0n) is 17.9. The summed E-state index contributed by atoms with van der Waals surface area (Å²) >= 11 is 0. The van der Waals surface area contributed by atoms with E-state index in [1.54, 1.807) is 18.2 Å². The Labute approximate surface area is 186 Å². The van der Waals surface area contributed by atoms with Gasteiger partial charge in [-0.05, 0) is 47.9 Å². The summed E-state index contributed by atoms with van der Waals surface area (Å²) in [5.41, 5.74) is 7.64. The molecule has 2 aliphatic rings. The highest BCUT2D eigenvalue weighted by atomic mass is 16.2. The predicted octanol–water partition coefficient (Wildman–Crippen LogP) is 2.69. The van der Waals surface area contributed by atoms with Crippen LogP contribution in [0, 0.1) is 16.7 Å². The molecule has 2 amide bonds. The molecular weight excluding hydrogens is 404 g/mol. The quantitative estimate of drug-likeness (QED) is 0.634. The van der Waals surface area contributed by atoms with Gasteiger partial charge in [-0.25, -0.2) is 5.43 Å². The fourth-order valence-corrected chi connectivity index (χ4v) is 4.11. The van der Waals surface area contributed by atoms with Gasteiger partial charge in [0.2, 0.25) is 5.91 Å². The maximum Gasteiger partial charge on any atom is 0.271 e. The van der Waals surface area contributed by atoms with E-state index in [0.29, 0.717) is 35.6 Å². The lowest BCUT2D eigenvalue weighted by molar-refractivity contribution is -0.134. The molecule has 0 spiro atoms. The molecule has 1 saturated heterocycles. The third-order valence-corrected chi connectivity index (χ3v) is 5.64. The second kappa shape index (κ2) is 8.65. The number of carbonyl (C=O) groups is 2. The Bertz CT molecular complexity index is 1150. The van der Waals surface area contributed by atoms with Crippen LogP contribution in [0.25, 0.3) is 0 Å². The van der Waals surface area contributed by atoms with E-state index in [4.69, 9.17) is 10.7 Å². The summed E-state index contributed by atoms with van der Waals surface area (Å²) < 4.78 is 0. The highest BCUT2D eigenvalue weighted by molar-refractivity contribution is 5.95. The lowest BCUT2D eigenvalue weighted by Crippen LogP contribution is -2.55. The molecule has 0 aliphatic carbocycles. The fraction of sp³-hybridized carbons (Fsp3) is 0.250. The number of carbonyl (C=O) groups excluding carboxylic acids is 2. The van der Waals surface area contributed by atoms with Crippen LogP contribution in [0.1, 0.15) is 42.1 Å². The normalized spacial score (nSPS) is 19.8. The highest BCUT2D eigenvalue weighted by Gasteiger charge is 2.39. The van der Waals surface area contributed by atoms with E-state index in [1.807, 2.05) is 47.2 Å². The standard InChI is InChI=1S/C24H24N6O2/c1-15-13-29(14-18-5-3-17(11-25)4-6-18)24(32)23-10-22(28-30(15)23)20-8-7-19(12-26)9-21(20)27-16(2)31/h3-10,12,15,22,26,28H,13-14H2,1-2H3,(H,27,31)/t15-,22?/m0/s1. The van der Waals surface area contributed by atoms with Crippen molar-refractivity contribution < 1.29 is 9.59 Å². The summed E-state index contributed by atoms with van der Waals surface area (Å²) in [7, 11) is 0. The highest BCUT2D eigenvalue weighted by Crippen LogP contribution is 2.34. The smallest absolute Gasteiger partial charge is 0.271 e. The number of fused-ring (bicyclic) bond motifs is 1. The minimum Gasteiger partial charge on any atom is -0.331 e. The Balaban J connectivity index is 1.60. The van der Waals surface area contributed by atoms with E-state index in [1.165, 1.54) is 13.1 Å². The van der Waals surface area contributed by atoms with Crippen LogP contribution < -0.4 is 10.7 Å². The van der Waals surface area contributed by atoms with Crippen molar-refractivity contribution in [3.63, 3.8) is 0 Å². The van der Waals surface area contributed by atoms with Gasteiger partial charge in [0.15, 0.2) is 0 Å². The minimum absolute atomic E-state index is 0.0485. The van der Waals surface area contributed by atoms with E-state index in [-0.39, 0.29) is 23.9 Å². The maximum atomic E-state index is 13.2. The van der Waals surface area contributed by atoms with E-state index in [0.717, 1.165) is 11.1 Å². The number of rotatable bonds is 5. The van der Waals surface area contributed by atoms with Gasteiger partial charge < -0.3 is 15.6 Å². The average molecular weight is 428 g/mol. The molecule has 2 heterocycles. The number of hydrazine groups is 1. The predicted molar refractivity (Wildman–Crippen MR) is 120 cm³/mol. The number of nitrogens with zero attached hydrogens (tertiary/aromatic N) is 3. The molecule has 1 fully saturated rings. The van der Waals surface area contributed by atoms with Crippen LogP contribution in [-0.2, 0) is 16.1 Å². The van der Waals surface area contributed by atoms with E-state index >= 15 is 0 Å². The monoisotopic (exact) mass is 428 g/mol. The number of benzene rings is 2. The molecule has 1 unspecified atom stereocenters. The second-order valence-electron chi connectivity index (χ2n) is 8.04. The Morgan fingerprint density at radius 2 is 2.06 bits per heavy atom. The Morgan fingerprint density at radius 3 is 2.72 bits per heavy atom. The molecule has 2 atom stereocenters. The first kappa shape index (κ1) is 21.3. The van der Waals surface area contributed by atoms with E-state index in [9.17, 15) is 9.59 Å². The summed E-state index contributed by atoms with van der Waals surface area (Å²) in [4.78, 5) is 26.8. The lowest BCUT2D eigenvalue weighted by Gasteiger charge is -2.40. The van der Waals surface area contributed by atoms with Crippen molar-refractivity contribution in [2.75, 3.05) is 11.9 Å². The summed E-state index contributed by atoms with van der Waals surface area (Å²) in [5.74, 6) is -0.269. The summed E-state index contributed by atoms with van der Waals surface area (Å²) in [6.07, 6.45) is 3.11. The van der Waals surface area contributed by atoms with Crippen LogP contribution in [0.3, 0.4) is 0 Å². The zero-order chi connectivity index (χ0) is 22.8. The van der Waals surface area contributed by atoms with Gasteiger partial charge in [0.25, 0.3) is 5.91 Å². The third kappa shape index (κ3) is 4.11. The number of nitrogens with one attached hydrogen (secondary N) is 3. The first-order valence-electron chi connectivity index (χ1n) is 10.4. The zero-order valence-corrected chi connectivity index (χ0v) is 17.9. The first-order chi connectivity index (χ1) is 15.4. The van der Waals surface area contributed by atoms with Gasteiger partial charge >= 0.3 is 0 Å². The molecule has 2 aromatic rings. The maximum absolute atomic E-state index is 13.2. The van der Waals surface area contributed by atoms with Crippen LogP contribution in [-0.4, -0.2) is 40.5 Å². The Kier molecular flexibility index (Phi) is 5.75. The van der Waals surface area contributed by atoms with Crippen molar-refractivity contribution in [2.24, 2.45) is 0 Å². The van der Waals surface area contributed by atoms with Gasteiger partial charge in [0.1, 0.15) is 5.70 Å². The van der Waals surface area contributed by atoms with Crippen LogP contribution in [0.5, 0.6) is 0 Å². The Hall–Kier alpha value is -3.96. The number of anilines is 1. The second-order valence-corrected chi connectivity index (χ2v) is 8.04. The van der Waals surface area contributed by atoms with Crippen molar-refractivity contribution >= 4 is 23.7 Å². The van der Waals surface area contributed by atoms with Crippen molar-refractivity contribution in [2.45, 2.75) is 32.5 Å². The van der Waals surface area contributed by atoms with Gasteiger partial charge in [0.05, 0.1) is 23.7 Å². The third-order valence-electron chi connectivity index (χ3n) is 5.64. The van der Waals surface area contributed by atoms with Gasteiger partial charge in [-0.2, -0.15) is 5.26 Å². The molecule has 0 radical (unpaired) electrons. The van der Waals surface area contributed by atoms with Crippen LogP contribution >= 0.6 is 0 Å². The number of hydrogen-bond acceptors (Lipinski definition) is 6. The first-order valence-corrected chi connectivity index (χ1v) is 10.4. The van der Waals surface area contributed by atoms with E-state index < -0.39 is 0 Å². The van der Waals surface area contributed by atoms with Crippen LogP contribution in [0.15, 0.2) is 54.2 Å². The molecule has 32 heavy (non-hydrogen) atoms. The number of nitriles is 1. The van der Waals surface area contributed by atoms with Crippen LogP contribution in [0.2, 0.25) is 0 Å². The molecule has 0 saturated carbocycles. The Morgan fingerprint density at radius 1 is 1.31 bits per heavy atom. The SMILES string of the molecule is CC(=O)Nc1cc(C=N)ccc1C1C=C2C(=O)N(Cc3ccc(C#N)cc3)C[C@H](C)N2N1. The van der Waals surface area contributed by atoms with E-state index in [2.05, 4.69) is 16.8 Å². The molecule has 0 bridgehead atoms. The fourth-order valence-electron chi connectivity index (χ4n) is 4.11. The number of amides is 2. The molecular formula is C24H24N6O2. The molecule has 8 nitrogen and oxygen atoms in total. The minimum atomic E-state index is -0.284. The average Bonchev–Trinajstić information content (AvgIpc) is 3.23. The molecule has 0 aromatic heterocycles. The van der Waals surface area contributed by atoms with Gasteiger partial charge in [-0.3, -0.25) is 14.6 Å². The molecule has 162 valence electrons. The van der Waals surface area contributed by atoms with Gasteiger partial charge in [-0.15, -0.1) is 0 Å². The summed E-state index contributed by atoms with van der Waals surface area (Å²) in [6.45, 7) is 4.52.